The lowest BCUT2D eigenvalue weighted by molar-refractivity contribution is -0.150. The van der Waals surface area contributed by atoms with E-state index in [0.717, 1.165) is 10.6 Å². The van der Waals surface area contributed by atoms with Crippen molar-refractivity contribution in [3.05, 3.63) is 54.9 Å². The molecule has 3 amide bonds. The summed E-state index contributed by atoms with van der Waals surface area (Å²) in [6.45, 7) is 1.86. The van der Waals surface area contributed by atoms with E-state index in [1.165, 1.54) is 12.4 Å². The van der Waals surface area contributed by atoms with Crippen molar-refractivity contribution in [1.82, 2.24) is 20.3 Å². The molecule has 1 aromatic carbocycles. The summed E-state index contributed by atoms with van der Waals surface area (Å²) in [7, 11) is 0. The highest BCUT2D eigenvalue weighted by Crippen LogP contribution is 2.29. The second kappa shape index (κ2) is 10.4. The van der Waals surface area contributed by atoms with Crippen LogP contribution < -0.4 is 15.1 Å². The molecule has 1 aromatic heterocycles. The number of hydrogen-bond donors (Lipinski definition) is 3. The second-order valence-corrected chi connectivity index (χ2v) is 8.27. The normalized spacial score (nSPS) is 22.7. The van der Waals surface area contributed by atoms with Crippen LogP contribution in [0.5, 0.6) is 5.75 Å². The number of nitrogens with one attached hydrogen (secondary N) is 1. The Bertz CT molecular complexity index is 999. The number of carbonyl (C=O) groups is 3. The number of pyridine rings is 1. The maximum atomic E-state index is 13.5. The Morgan fingerprint density at radius 2 is 1.68 bits per heavy atom. The number of para-hydroxylation sites is 1. The highest BCUT2D eigenvalue weighted by atomic mass is 16.5. The van der Waals surface area contributed by atoms with Crippen molar-refractivity contribution in [3.8, 4) is 5.75 Å². The molecule has 0 unspecified atom stereocenters. The number of likely N-dealkylation sites (tertiary alicyclic amines) is 1. The highest BCUT2D eigenvalue weighted by molar-refractivity contribution is 5.92. The van der Waals surface area contributed by atoms with E-state index in [0.29, 0.717) is 31.9 Å². The fourth-order valence-corrected chi connectivity index (χ4v) is 4.58. The lowest BCUT2D eigenvalue weighted by Crippen LogP contribution is -2.64. The number of anilines is 1. The average Bonchev–Trinajstić information content (AvgIpc) is 2.88. The number of hydrogen-bond acceptors (Lipinski definition) is 7. The number of piperazine rings is 1. The monoisotopic (exact) mass is 469 g/mol. The first kappa shape index (κ1) is 23.3. The van der Waals surface area contributed by atoms with Crippen molar-refractivity contribution in [2.45, 2.75) is 18.6 Å². The topological polar surface area (TPSA) is 136 Å². The maximum absolute atomic E-state index is 13.5. The molecule has 3 N–H and O–H groups in total. The molecule has 11 heteroatoms. The number of carboxylic acid groups (broad SMARTS) is 1. The summed E-state index contributed by atoms with van der Waals surface area (Å²) in [5.74, 6) is -1.92. The van der Waals surface area contributed by atoms with E-state index >= 15 is 0 Å². The van der Waals surface area contributed by atoms with E-state index in [1.807, 2.05) is 30.3 Å². The van der Waals surface area contributed by atoms with Gasteiger partial charge in [-0.1, -0.05) is 18.2 Å². The van der Waals surface area contributed by atoms with Gasteiger partial charge in [-0.2, -0.15) is 0 Å². The summed E-state index contributed by atoms with van der Waals surface area (Å²) in [5, 5.41) is 19.2. The van der Waals surface area contributed by atoms with Crippen molar-refractivity contribution >= 4 is 23.6 Å². The molecule has 180 valence electrons. The number of aromatic nitrogens is 1. The molecular formula is C23H27N5O6. The van der Waals surface area contributed by atoms with Gasteiger partial charge in [0.2, 0.25) is 11.8 Å². The standard InChI is InChI=1S/C23H27N5O6/c29-21(25-33)19-14-18(34-17-6-8-24-9-7-17)15-28(23(31)32)20(19)22(30)27-12-10-26(11-13-27)16-4-2-1-3-5-16/h1-9,18-20,33H,10-15H2,(H,25,29)(H,31,32)/t18-,19-,20-/m0/s1. The van der Waals surface area contributed by atoms with Crippen LogP contribution in [0.1, 0.15) is 6.42 Å². The molecule has 0 spiro atoms. The molecule has 3 atom stereocenters. The maximum Gasteiger partial charge on any atom is 0.408 e. The van der Waals surface area contributed by atoms with Crippen LogP contribution in [0.15, 0.2) is 54.9 Å². The Morgan fingerprint density at radius 1 is 1.00 bits per heavy atom. The van der Waals surface area contributed by atoms with Gasteiger partial charge in [0.05, 0.1) is 12.5 Å². The van der Waals surface area contributed by atoms with Gasteiger partial charge in [0.25, 0.3) is 0 Å². The third-order valence-corrected chi connectivity index (χ3v) is 6.24. The minimum Gasteiger partial charge on any atom is -0.488 e. The van der Waals surface area contributed by atoms with Crippen LogP contribution in [0.4, 0.5) is 10.5 Å². The Labute approximate surface area is 196 Å². The van der Waals surface area contributed by atoms with Gasteiger partial charge in [-0.3, -0.25) is 24.7 Å². The average molecular weight is 469 g/mol. The van der Waals surface area contributed by atoms with Crippen LogP contribution in [0.25, 0.3) is 0 Å². The van der Waals surface area contributed by atoms with Gasteiger partial charge in [0, 0.05) is 50.7 Å². The molecule has 2 fully saturated rings. The molecule has 2 aliphatic heterocycles. The zero-order valence-corrected chi connectivity index (χ0v) is 18.5. The molecule has 0 bridgehead atoms. The number of amides is 3. The first-order valence-corrected chi connectivity index (χ1v) is 11.1. The summed E-state index contributed by atoms with van der Waals surface area (Å²) >= 11 is 0. The molecule has 3 heterocycles. The molecule has 11 nitrogen and oxygen atoms in total. The fraction of sp³-hybridized carbons (Fsp3) is 0.391. The van der Waals surface area contributed by atoms with Gasteiger partial charge < -0.3 is 19.6 Å². The number of nitrogens with zero attached hydrogens (tertiary/aromatic N) is 4. The third kappa shape index (κ3) is 5.04. The molecule has 2 aromatic rings. The Balaban J connectivity index is 1.50. The van der Waals surface area contributed by atoms with Gasteiger partial charge in [0.15, 0.2) is 0 Å². The number of piperidine rings is 1. The van der Waals surface area contributed by atoms with Gasteiger partial charge in [-0.15, -0.1) is 0 Å². The first-order valence-electron chi connectivity index (χ1n) is 11.1. The third-order valence-electron chi connectivity index (χ3n) is 6.24. The van der Waals surface area contributed by atoms with Crippen LogP contribution >= 0.6 is 0 Å². The van der Waals surface area contributed by atoms with Crippen LogP contribution in [0, 0.1) is 5.92 Å². The summed E-state index contributed by atoms with van der Waals surface area (Å²) in [5.41, 5.74) is 2.64. The molecular weight excluding hydrogens is 442 g/mol. The van der Waals surface area contributed by atoms with Crippen LogP contribution in [-0.2, 0) is 9.59 Å². The Hall–Kier alpha value is -3.86. The number of carbonyl (C=O) groups excluding carboxylic acids is 2. The van der Waals surface area contributed by atoms with Crippen molar-refractivity contribution in [2.24, 2.45) is 5.92 Å². The largest absolute Gasteiger partial charge is 0.488 e. The van der Waals surface area contributed by atoms with Gasteiger partial charge in [-0.05, 0) is 24.3 Å². The van der Waals surface area contributed by atoms with Gasteiger partial charge in [0.1, 0.15) is 17.9 Å². The van der Waals surface area contributed by atoms with Crippen molar-refractivity contribution < 1.29 is 29.4 Å². The second-order valence-electron chi connectivity index (χ2n) is 8.27. The van der Waals surface area contributed by atoms with Crippen molar-refractivity contribution in [1.29, 1.82) is 0 Å². The zero-order chi connectivity index (χ0) is 24.1. The number of rotatable bonds is 5. The van der Waals surface area contributed by atoms with Gasteiger partial charge >= 0.3 is 6.09 Å². The van der Waals surface area contributed by atoms with Crippen LogP contribution in [0.2, 0.25) is 0 Å². The molecule has 0 radical (unpaired) electrons. The first-order chi connectivity index (χ1) is 16.5. The molecule has 0 aliphatic carbocycles. The van der Waals surface area contributed by atoms with Crippen molar-refractivity contribution in [2.75, 3.05) is 37.6 Å². The number of benzene rings is 1. The Morgan fingerprint density at radius 3 is 2.29 bits per heavy atom. The number of ether oxygens (including phenoxy) is 1. The predicted molar refractivity (Wildman–Crippen MR) is 120 cm³/mol. The van der Waals surface area contributed by atoms with E-state index in [2.05, 4.69) is 9.88 Å². The zero-order valence-electron chi connectivity index (χ0n) is 18.5. The minimum atomic E-state index is -1.33. The van der Waals surface area contributed by atoms with E-state index in [9.17, 15) is 24.7 Å². The molecule has 2 saturated heterocycles. The van der Waals surface area contributed by atoms with E-state index < -0.39 is 36.0 Å². The summed E-state index contributed by atoms with van der Waals surface area (Å²) < 4.78 is 5.86. The molecule has 4 rings (SSSR count). The summed E-state index contributed by atoms with van der Waals surface area (Å²) in [4.78, 5) is 46.8. The summed E-state index contributed by atoms with van der Waals surface area (Å²) in [6.07, 6.45) is 1.12. The smallest absolute Gasteiger partial charge is 0.408 e. The predicted octanol–water partition coefficient (Wildman–Crippen LogP) is 1.05. The minimum absolute atomic E-state index is 0.0683. The van der Waals surface area contributed by atoms with Crippen molar-refractivity contribution in [3.63, 3.8) is 0 Å². The van der Waals surface area contributed by atoms with Crippen LogP contribution in [-0.4, -0.2) is 87.9 Å². The van der Waals surface area contributed by atoms with Crippen LogP contribution in [0.3, 0.4) is 0 Å². The van der Waals surface area contributed by atoms with E-state index in [4.69, 9.17) is 4.74 Å². The lowest BCUT2D eigenvalue weighted by Gasteiger charge is -2.44. The Kier molecular flexibility index (Phi) is 7.12. The summed E-state index contributed by atoms with van der Waals surface area (Å²) in [6, 6.07) is 11.8. The quantitative estimate of drug-likeness (QED) is 0.437. The lowest BCUT2D eigenvalue weighted by atomic mass is 9.86. The fourth-order valence-electron chi connectivity index (χ4n) is 4.58. The van der Waals surface area contributed by atoms with Gasteiger partial charge in [-0.25, -0.2) is 10.3 Å². The SMILES string of the molecule is O=C(NO)[C@H]1C[C@H](Oc2ccncc2)CN(C(=O)O)[C@@H]1C(=O)N1CCN(c2ccccc2)CC1. The number of hydroxylamine groups is 1. The molecule has 34 heavy (non-hydrogen) atoms. The van der Waals surface area contributed by atoms with E-state index in [1.54, 1.807) is 22.5 Å². The molecule has 0 saturated carbocycles. The highest BCUT2D eigenvalue weighted by Gasteiger charge is 2.48. The molecule has 2 aliphatic rings. The van der Waals surface area contributed by atoms with E-state index in [-0.39, 0.29) is 13.0 Å².